The van der Waals surface area contributed by atoms with E-state index >= 15 is 0 Å². The van der Waals surface area contributed by atoms with Gasteiger partial charge in [0.25, 0.3) is 0 Å². The minimum Gasteiger partial charge on any atom is -0.332 e. The van der Waals surface area contributed by atoms with Gasteiger partial charge in [-0.15, -0.1) is 0 Å². The lowest BCUT2D eigenvalue weighted by atomic mass is 10.2. The van der Waals surface area contributed by atoms with Gasteiger partial charge < -0.3 is 10.6 Å². The van der Waals surface area contributed by atoms with Crippen molar-refractivity contribution in [3.05, 3.63) is 76.5 Å². The van der Waals surface area contributed by atoms with Crippen LogP contribution in [-0.2, 0) is 12.7 Å². The Labute approximate surface area is 167 Å². The van der Waals surface area contributed by atoms with Crippen LogP contribution in [0.1, 0.15) is 11.1 Å². The van der Waals surface area contributed by atoms with Crippen molar-refractivity contribution in [3.63, 3.8) is 0 Å². The van der Waals surface area contributed by atoms with Gasteiger partial charge in [-0.25, -0.2) is 0 Å². The molecule has 0 unspecified atom stereocenters. The second-order valence-electron chi connectivity index (χ2n) is 5.71. The summed E-state index contributed by atoms with van der Waals surface area (Å²) in [5.74, 6) is 0. The number of hydrogen-bond acceptors (Lipinski definition) is 2. The van der Waals surface area contributed by atoms with E-state index in [9.17, 15) is 13.2 Å². The van der Waals surface area contributed by atoms with E-state index in [4.69, 9.17) is 12.2 Å². The first-order valence-electron chi connectivity index (χ1n) is 7.82. The van der Waals surface area contributed by atoms with E-state index in [2.05, 4.69) is 31.7 Å². The Morgan fingerprint density at radius 1 is 1.07 bits per heavy atom. The van der Waals surface area contributed by atoms with E-state index < -0.39 is 11.7 Å². The molecule has 1 aromatic heterocycles. The quantitative estimate of drug-likeness (QED) is 0.509. The van der Waals surface area contributed by atoms with Crippen LogP contribution in [0.25, 0.3) is 0 Å². The molecule has 2 aromatic carbocycles. The van der Waals surface area contributed by atoms with E-state index in [1.807, 2.05) is 24.3 Å². The van der Waals surface area contributed by atoms with E-state index in [1.54, 1.807) is 17.1 Å². The van der Waals surface area contributed by atoms with Crippen LogP contribution in [0.4, 0.5) is 24.5 Å². The maximum absolute atomic E-state index is 12.8. The molecule has 4 nitrogen and oxygen atoms in total. The van der Waals surface area contributed by atoms with Gasteiger partial charge in [0.15, 0.2) is 5.11 Å². The fourth-order valence-electron chi connectivity index (χ4n) is 2.36. The first-order valence-corrected chi connectivity index (χ1v) is 9.02. The molecule has 0 aliphatic heterocycles. The van der Waals surface area contributed by atoms with Gasteiger partial charge in [-0.2, -0.15) is 18.3 Å². The Balaban J connectivity index is 1.60. The van der Waals surface area contributed by atoms with E-state index in [0.29, 0.717) is 12.2 Å². The Bertz CT molecular complexity index is 938. The number of aromatic nitrogens is 2. The molecule has 2 N–H and O–H groups in total. The third kappa shape index (κ3) is 5.54. The van der Waals surface area contributed by atoms with Gasteiger partial charge in [0.1, 0.15) is 0 Å². The third-order valence-corrected chi connectivity index (χ3v) is 4.33. The average molecular weight is 455 g/mol. The fourth-order valence-corrected chi connectivity index (χ4v) is 2.86. The van der Waals surface area contributed by atoms with Crippen molar-refractivity contribution < 1.29 is 13.2 Å². The van der Waals surface area contributed by atoms with Crippen LogP contribution in [0, 0.1) is 0 Å². The van der Waals surface area contributed by atoms with Crippen molar-refractivity contribution in [2.75, 3.05) is 10.6 Å². The number of nitrogens with one attached hydrogen (secondary N) is 2. The Kier molecular flexibility index (Phi) is 5.81. The maximum atomic E-state index is 12.8. The molecular weight excluding hydrogens is 441 g/mol. The lowest BCUT2D eigenvalue weighted by Gasteiger charge is -2.11. The summed E-state index contributed by atoms with van der Waals surface area (Å²) in [5.41, 5.74) is 1.23. The van der Waals surface area contributed by atoms with Crippen LogP contribution in [-0.4, -0.2) is 14.9 Å². The standard InChI is InChI=1S/C18H14BrF3N4S/c19-14-6-4-12(5-7-14)10-26-11-16(9-23-26)25-17(27)24-15-3-1-2-13(8-15)18(20,21)22/h1-9,11H,10H2,(H2,24,25,27). The molecule has 0 amide bonds. The van der Waals surface area contributed by atoms with Gasteiger partial charge in [-0.05, 0) is 48.1 Å². The van der Waals surface area contributed by atoms with Crippen LogP contribution < -0.4 is 10.6 Å². The SMILES string of the molecule is FC(F)(F)c1cccc(NC(=S)Nc2cnn(Cc3ccc(Br)cc3)c2)c1. The molecule has 0 bridgehead atoms. The molecule has 1 heterocycles. The highest BCUT2D eigenvalue weighted by Gasteiger charge is 2.30. The summed E-state index contributed by atoms with van der Waals surface area (Å²) in [5, 5.41) is 10.1. The second-order valence-corrected chi connectivity index (χ2v) is 7.03. The van der Waals surface area contributed by atoms with Gasteiger partial charge in [-0.3, -0.25) is 4.68 Å². The van der Waals surface area contributed by atoms with Crippen LogP contribution in [0.2, 0.25) is 0 Å². The van der Waals surface area contributed by atoms with Crippen molar-refractivity contribution in [3.8, 4) is 0 Å². The summed E-state index contributed by atoms with van der Waals surface area (Å²) in [6, 6.07) is 12.7. The lowest BCUT2D eigenvalue weighted by molar-refractivity contribution is -0.137. The lowest BCUT2D eigenvalue weighted by Crippen LogP contribution is -2.19. The molecule has 0 fully saturated rings. The molecule has 0 radical (unpaired) electrons. The van der Waals surface area contributed by atoms with Crippen LogP contribution in [0.3, 0.4) is 0 Å². The molecule has 27 heavy (non-hydrogen) atoms. The molecule has 3 rings (SSSR count). The third-order valence-electron chi connectivity index (χ3n) is 3.60. The van der Waals surface area contributed by atoms with Crippen molar-refractivity contribution in [2.24, 2.45) is 0 Å². The van der Waals surface area contributed by atoms with Crippen LogP contribution in [0.5, 0.6) is 0 Å². The van der Waals surface area contributed by atoms with E-state index in [0.717, 1.165) is 22.2 Å². The summed E-state index contributed by atoms with van der Waals surface area (Å²) in [6.07, 6.45) is -1.04. The summed E-state index contributed by atoms with van der Waals surface area (Å²) >= 11 is 8.55. The van der Waals surface area contributed by atoms with E-state index in [-0.39, 0.29) is 10.8 Å². The number of nitrogens with zero attached hydrogens (tertiary/aromatic N) is 2. The molecule has 0 aliphatic carbocycles. The largest absolute Gasteiger partial charge is 0.416 e. The molecular formula is C18H14BrF3N4S. The minimum atomic E-state index is -4.40. The molecule has 0 atom stereocenters. The monoisotopic (exact) mass is 454 g/mol. The molecule has 0 saturated carbocycles. The predicted octanol–water partition coefficient (Wildman–Crippen LogP) is 5.52. The molecule has 140 valence electrons. The summed E-state index contributed by atoms with van der Waals surface area (Å²) in [4.78, 5) is 0. The van der Waals surface area contributed by atoms with Crippen molar-refractivity contribution in [1.82, 2.24) is 9.78 Å². The maximum Gasteiger partial charge on any atom is 0.416 e. The normalized spacial score (nSPS) is 11.3. The highest BCUT2D eigenvalue weighted by atomic mass is 79.9. The molecule has 9 heteroatoms. The van der Waals surface area contributed by atoms with Crippen LogP contribution in [0.15, 0.2) is 65.4 Å². The number of hydrogen-bond donors (Lipinski definition) is 2. The topological polar surface area (TPSA) is 41.9 Å². The highest BCUT2D eigenvalue weighted by molar-refractivity contribution is 9.10. The zero-order valence-electron chi connectivity index (χ0n) is 13.8. The fraction of sp³-hybridized carbons (Fsp3) is 0.111. The number of rotatable bonds is 4. The summed E-state index contributed by atoms with van der Waals surface area (Å²) in [7, 11) is 0. The highest BCUT2D eigenvalue weighted by Crippen LogP contribution is 2.30. The van der Waals surface area contributed by atoms with Crippen molar-refractivity contribution in [2.45, 2.75) is 12.7 Å². The number of halogens is 4. The number of anilines is 2. The van der Waals surface area contributed by atoms with Gasteiger partial charge in [0.2, 0.25) is 0 Å². The zero-order valence-corrected chi connectivity index (χ0v) is 16.2. The zero-order chi connectivity index (χ0) is 19.4. The summed E-state index contributed by atoms with van der Waals surface area (Å²) < 4.78 is 41.0. The second kappa shape index (κ2) is 8.10. The molecule has 0 spiro atoms. The first-order chi connectivity index (χ1) is 12.8. The van der Waals surface area contributed by atoms with Gasteiger partial charge in [0, 0.05) is 16.4 Å². The summed E-state index contributed by atoms with van der Waals surface area (Å²) in [6.45, 7) is 0.586. The Hall–Kier alpha value is -2.39. The van der Waals surface area contributed by atoms with Gasteiger partial charge in [0.05, 0.1) is 24.0 Å². The smallest absolute Gasteiger partial charge is 0.332 e. The Morgan fingerprint density at radius 2 is 1.78 bits per heavy atom. The average Bonchev–Trinajstić information content (AvgIpc) is 3.03. The predicted molar refractivity (Wildman–Crippen MR) is 107 cm³/mol. The molecule has 0 aliphatic rings. The van der Waals surface area contributed by atoms with Gasteiger partial charge in [-0.1, -0.05) is 34.1 Å². The molecule has 3 aromatic rings. The van der Waals surface area contributed by atoms with Gasteiger partial charge >= 0.3 is 6.18 Å². The Morgan fingerprint density at radius 3 is 2.48 bits per heavy atom. The molecule has 0 saturated heterocycles. The van der Waals surface area contributed by atoms with E-state index in [1.165, 1.54) is 12.1 Å². The minimum absolute atomic E-state index is 0.178. The number of alkyl halides is 3. The first kappa shape index (κ1) is 19.4. The number of benzene rings is 2. The van der Waals surface area contributed by atoms with Crippen molar-refractivity contribution in [1.29, 1.82) is 0 Å². The number of thiocarbonyl (C=S) groups is 1. The van der Waals surface area contributed by atoms with Crippen LogP contribution >= 0.6 is 28.1 Å². The van der Waals surface area contributed by atoms with Crippen molar-refractivity contribution >= 4 is 44.6 Å².